The molecule has 1 atom stereocenters. The summed E-state index contributed by atoms with van der Waals surface area (Å²) >= 11 is 0. The van der Waals surface area contributed by atoms with Gasteiger partial charge in [0.1, 0.15) is 0 Å². The lowest BCUT2D eigenvalue weighted by Gasteiger charge is -2.45. The van der Waals surface area contributed by atoms with E-state index in [1.807, 2.05) is 0 Å². The molecule has 0 bridgehead atoms. The molecule has 3 heteroatoms. The topological polar surface area (TPSA) is 9.23 Å². The van der Waals surface area contributed by atoms with E-state index < -0.39 is 15.4 Å². The van der Waals surface area contributed by atoms with Crippen molar-refractivity contribution in [2.45, 2.75) is 39.5 Å². The summed E-state index contributed by atoms with van der Waals surface area (Å²) in [6.07, 6.45) is 1.31. The van der Waals surface area contributed by atoms with Crippen LogP contribution in [0.15, 0.2) is 91.0 Å². The van der Waals surface area contributed by atoms with Crippen molar-refractivity contribution in [1.29, 1.82) is 0 Å². The van der Waals surface area contributed by atoms with Crippen molar-refractivity contribution in [3.8, 4) is 0 Å². The molecule has 3 rings (SSSR count). The summed E-state index contributed by atoms with van der Waals surface area (Å²) in [5.41, 5.74) is 0. The zero-order valence-corrected chi connectivity index (χ0v) is 18.9. The molecule has 0 spiro atoms. The molecule has 140 valence electrons. The Hall–Kier alpha value is -1.95. The van der Waals surface area contributed by atoms with Gasteiger partial charge in [0.2, 0.25) is 0 Å². The van der Waals surface area contributed by atoms with Crippen molar-refractivity contribution in [3.05, 3.63) is 91.0 Å². The minimum atomic E-state index is -2.31. The first-order valence-corrected chi connectivity index (χ1v) is 15.8. The van der Waals surface area contributed by atoms with Gasteiger partial charge in [0, 0.05) is 6.10 Å². The van der Waals surface area contributed by atoms with E-state index in [-0.39, 0.29) is 6.10 Å². The zero-order valence-electron chi connectivity index (χ0n) is 16.9. The third-order valence-electron chi connectivity index (χ3n) is 5.59. The molecule has 1 nitrogen and oxygen atoms in total. The van der Waals surface area contributed by atoms with Crippen LogP contribution in [0.25, 0.3) is 0 Å². The first-order chi connectivity index (χ1) is 13.0. The Balaban J connectivity index is 2.36. The Morgan fingerprint density at radius 2 is 1.00 bits per heavy atom. The van der Waals surface area contributed by atoms with Crippen LogP contribution in [0.5, 0.6) is 0 Å². The normalized spacial score (nSPS) is 13.3. The van der Waals surface area contributed by atoms with E-state index in [1.165, 1.54) is 15.6 Å². The minimum Gasteiger partial charge on any atom is -0.416 e. The quantitative estimate of drug-likeness (QED) is 0.433. The lowest BCUT2D eigenvalue weighted by Crippen LogP contribution is -2.82. The predicted octanol–water partition coefficient (Wildman–Crippen LogP) is 4.26. The lowest BCUT2D eigenvalue weighted by atomic mass is 10.3. The van der Waals surface area contributed by atoms with Gasteiger partial charge in [-0.1, -0.05) is 97.9 Å². The minimum absolute atomic E-state index is 0.273. The number of benzene rings is 3. The van der Waals surface area contributed by atoms with Gasteiger partial charge in [0.05, 0.1) is 0 Å². The van der Waals surface area contributed by atoms with Gasteiger partial charge in [-0.25, -0.2) is 0 Å². The first-order valence-electron chi connectivity index (χ1n) is 9.86. The second kappa shape index (κ2) is 8.38. The maximum Gasteiger partial charge on any atom is 0.189 e. The van der Waals surface area contributed by atoms with E-state index in [0.29, 0.717) is 0 Å². The molecule has 0 aliphatic rings. The fraction of sp³-hybridized carbons (Fsp3) is 0.250. The van der Waals surface area contributed by atoms with E-state index in [0.717, 1.165) is 6.42 Å². The van der Waals surface area contributed by atoms with E-state index in [9.17, 15) is 0 Å². The van der Waals surface area contributed by atoms with Gasteiger partial charge in [-0.2, -0.15) is 0 Å². The van der Waals surface area contributed by atoms with Crippen molar-refractivity contribution < 1.29 is 4.43 Å². The third-order valence-corrected chi connectivity index (χ3v) is 20.4. The summed E-state index contributed by atoms with van der Waals surface area (Å²) in [7, 11) is -4.46. The third kappa shape index (κ3) is 3.72. The van der Waals surface area contributed by atoms with Gasteiger partial charge in [0.25, 0.3) is 0 Å². The Morgan fingerprint density at radius 3 is 1.30 bits per heavy atom. The fourth-order valence-electron chi connectivity index (χ4n) is 4.28. The van der Waals surface area contributed by atoms with Crippen molar-refractivity contribution in [1.82, 2.24) is 0 Å². The molecule has 3 aromatic rings. The summed E-state index contributed by atoms with van der Waals surface area (Å²) in [5, 5.41) is 4.34. The molecule has 0 amide bonds. The second-order valence-electron chi connectivity index (χ2n) is 7.70. The number of hydrogen-bond donors (Lipinski definition) is 0. The molecule has 1 unspecified atom stereocenters. The van der Waals surface area contributed by atoms with Gasteiger partial charge < -0.3 is 4.43 Å². The molecular weight excluding hydrogens is 360 g/mol. The van der Waals surface area contributed by atoms with Crippen molar-refractivity contribution >= 4 is 31.0 Å². The Morgan fingerprint density at radius 1 is 0.667 bits per heavy atom. The largest absolute Gasteiger partial charge is 0.416 e. The maximum atomic E-state index is 6.92. The molecule has 0 N–H and O–H groups in total. The first kappa shape index (κ1) is 19.8. The Labute approximate surface area is 166 Å². The Bertz CT molecular complexity index is 735. The van der Waals surface area contributed by atoms with Crippen molar-refractivity contribution in [3.63, 3.8) is 0 Å². The molecule has 0 aliphatic heterocycles. The lowest BCUT2D eigenvalue weighted by molar-refractivity contribution is 0.215. The van der Waals surface area contributed by atoms with Gasteiger partial charge in [-0.05, 0) is 42.0 Å². The molecule has 0 fully saturated rings. The van der Waals surface area contributed by atoms with Crippen LogP contribution in [0.1, 0.15) is 20.3 Å². The average molecular weight is 391 g/mol. The van der Waals surface area contributed by atoms with Crippen LogP contribution in [0.4, 0.5) is 0 Å². The zero-order chi connectivity index (χ0) is 19.3. The summed E-state index contributed by atoms with van der Waals surface area (Å²) in [5.74, 6) is 0. The van der Waals surface area contributed by atoms with E-state index in [4.69, 9.17) is 4.43 Å². The standard InChI is InChI=1S/C24H30OSi2/c1-5-21(2)25-26(3,4)27(22-15-9-6-10-16-22,23-17-11-7-12-18-23)24-19-13-8-14-20-24/h6-21H,5H2,1-4H3. The summed E-state index contributed by atoms with van der Waals surface area (Å²) in [6, 6.07) is 33.3. The van der Waals surface area contributed by atoms with Crippen molar-refractivity contribution in [2.75, 3.05) is 0 Å². The summed E-state index contributed by atoms with van der Waals surface area (Å²) in [4.78, 5) is 0. The molecule has 0 radical (unpaired) electrons. The van der Waals surface area contributed by atoms with E-state index in [2.05, 4.69) is 118 Å². The van der Waals surface area contributed by atoms with Crippen LogP contribution in [0.3, 0.4) is 0 Å². The van der Waals surface area contributed by atoms with Crippen LogP contribution in [0.2, 0.25) is 13.1 Å². The molecule has 27 heavy (non-hydrogen) atoms. The number of rotatable bonds is 7. The highest BCUT2D eigenvalue weighted by Crippen LogP contribution is 2.24. The van der Waals surface area contributed by atoms with Crippen LogP contribution in [-0.2, 0) is 4.43 Å². The fourth-order valence-corrected chi connectivity index (χ4v) is 19.7. The molecule has 0 aromatic heterocycles. The van der Waals surface area contributed by atoms with Gasteiger partial charge in [0.15, 0.2) is 15.4 Å². The molecule has 0 aliphatic carbocycles. The average Bonchev–Trinajstić information content (AvgIpc) is 2.70. The smallest absolute Gasteiger partial charge is 0.189 e. The van der Waals surface area contributed by atoms with E-state index in [1.54, 1.807) is 0 Å². The summed E-state index contributed by atoms with van der Waals surface area (Å²) < 4.78 is 6.92. The molecule has 0 saturated carbocycles. The molecule has 0 saturated heterocycles. The van der Waals surface area contributed by atoms with Crippen molar-refractivity contribution in [2.24, 2.45) is 0 Å². The van der Waals surface area contributed by atoms with Gasteiger partial charge >= 0.3 is 0 Å². The highest BCUT2D eigenvalue weighted by Gasteiger charge is 2.55. The van der Waals surface area contributed by atoms with Gasteiger partial charge in [-0.15, -0.1) is 0 Å². The maximum absolute atomic E-state index is 6.92. The SMILES string of the molecule is CCC(C)O[Si](C)(C)[Si](c1ccccc1)(c1ccccc1)c1ccccc1. The van der Waals surface area contributed by atoms with Crippen LogP contribution in [-0.4, -0.2) is 21.5 Å². The summed E-state index contributed by atoms with van der Waals surface area (Å²) in [6.45, 7) is 9.29. The molecule has 0 heterocycles. The highest BCUT2D eigenvalue weighted by atomic mass is 29.3. The van der Waals surface area contributed by atoms with Crippen LogP contribution >= 0.6 is 0 Å². The van der Waals surface area contributed by atoms with Crippen LogP contribution in [0, 0.1) is 0 Å². The Kier molecular flexibility index (Phi) is 6.15. The highest BCUT2D eigenvalue weighted by molar-refractivity contribution is 7.54. The van der Waals surface area contributed by atoms with E-state index >= 15 is 0 Å². The second-order valence-corrected chi connectivity index (χ2v) is 20.0. The predicted molar refractivity (Wildman–Crippen MR) is 122 cm³/mol. The van der Waals surface area contributed by atoms with Crippen LogP contribution < -0.4 is 15.6 Å². The monoisotopic (exact) mass is 390 g/mol. The van der Waals surface area contributed by atoms with Gasteiger partial charge in [-0.3, -0.25) is 0 Å². The number of hydrogen-bond acceptors (Lipinski definition) is 1. The molecule has 3 aromatic carbocycles. The molecular formula is C24H30OSi2.